The zero-order valence-corrected chi connectivity index (χ0v) is 10.4. The van der Waals surface area contributed by atoms with E-state index in [1.807, 2.05) is 22.9 Å². The van der Waals surface area contributed by atoms with Crippen molar-refractivity contribution < 1.29 is 14.2 Å². The second-order valence-corrected chi connectivity index (χ2v) is 4.19. The summed E-state index contributed by atoms with van der Waals surface area (Å²) >= 11 is 0. The van der Waals surface area contributed by atoms with Crippen LogP contribution in [-0.2, 0) is 6.54 Å². The Bertz CT molecular complexity index is 534. The molecule has 1 unspecified atom stereocenters. The SMILES string of the molecule is COc1ccc(Cn2cccc2C(C)O)c(F)c1. The Morgan fingerprint density at radius 1 is 1.39 bits per heavy atom. The maximum absolute atomic E-state index is 13.8. The van der Waals surface area contributed by atoms with Gasteiger partial charge in [0.05, 0.1) is 19.8 Å². The fourth-order valence-electron chi connectivity index (χ4n) is 1.92. The molecule has 0 amide bonds. The van der Waals surface area contributed by atoms with E-state index in [0.717, 1.165) is 5.69 Å². The predicted octanol–water partition coefficient (Wildman–Crippen LogP) is 2.74. The first-order chi connectivity index (χ1) is 8.61. The number of nitrogens with zero attached hydrogens (tertiary/aromatic N) is 1. The predicted molar refractivity (Wildman–Crippen MR) is 67.1 cm³/mol. The van der Waals surface area contributed by atoms with Crippen molar-refractivity contribution in [2.24, 2.45) is 0 Å². The van der Waals surface area contributed by atoms with Gasteiger partial charge in [-0.1, -0.05) is 6.07 Å². The molecule has 96 valence electrons. The number of hydrogen-bond donors (Lipinski definition) is 1. The second kappa shape index (κ2) is 5.23. The highest BCUT2D eigenvalue weighted by Crippen LogP contribution is 2.19. The highest BCUT2D eigenvalue weighted by atomic mass is 19.1. The third kappa shape index (κ3) is 2.54. The largest absolute Gasteiger partial charge is 0.497 e. The van der Waals surface area contributed by atoms with Crippen LogP contribution in [0.4, 0.5) is 4.39 Å². The average Bonchev–Trinajstić information content (AvgIpc) is 2.80. The van der Waals surface area contributed by atoms with Crippen molar-refractivity contribution in [1.82, 2.24) is 4.57 Å². The average molecular weight is 249 g/mol. The topological polar surface area (TPSA) is 34.4 Å². The highest BCUT2D eigenvalue weighted by Gasteiger charge is 2.09. The Hall–Kier alpha value is -1.81. The molecule has 1 N–H and O–H groups in total. The molecular formula is C14H16FNO2. The molecule has 0 aliphatic heterocycles. The van der Waals surface area contributed by atoms with Gasteiger partial charge in [0.15, 0.2) is 0 Å². The fourth-order valence-corrected chi connectivity index (χ4v) is 1.92. The first-order valence-corrected chi connectivity index (χ1v) is 5.77. The summed E-state index contributed by atoms with van der Waals surface area (Å²) in [5.41, 5.74) is 1.33. The van der Waals surface area contributed by atoms with E-state index in [1.165, 1.54) is 13.2 Å². The van der Waals surface area contributed by atoms with Crippen LogP contribution in [0.25, 0.3) is 0 Å². The molecule has 18 heavy (non-hydrogen) atoms. The minimum Gasteiger partial charge on any atom is -0.497 e. The number of aromatic nitrogens is 1. The molecule has 0 aliphatic rings. The molecule has 1 heterocycles. The molecule has 2 rings (SSSR count). The van der Waals surface area contributed by atoms with Gasteiger partial charge in [-0.2, -0.15) is 0 Å². The zero-order valence-electron chi connectivity index (χ0n) is 10.4. The number of aliphatic hydroxyl groups is 1. The molecule has 2 aromatic rings. The summed E-state index contributed by atoms with van der Waals surface area (Å²) in [4.78, 5) is 0. The summed E-state index contributed by atoms with van der Waals surface area (Å²) in [5, 5.41) is 9.59. The van der Waals surface area contributed by atoms with E-state index in [1.54, 1.807) is 19.1 Å². The van der Waals surface area contributed by atoms with Crippen LogP contribution in [0.2, 0.25) is 0 Å². The van der Waals surface area contributed by atoms with Gasteiger partial charge in [0, 0.05) is 23.5 Å². The number of aliphatic hydroxyl groups excluding tert-OH is 1. The summed E-state index contributed by atoms with van der Waals surface area (Å²) in [6.45, 7) is 2.08. The summed E-state index contributed by atoms with van der Waals surface area (Å²) in [6.07, 6.45) is 1.26. The summed E-state index contributed by atoms with van der Waals surface area (Å²) in [6, 6.07) is 8.44. The maximum Gasteiger partial charge on any atom is 0.131 e. The van der Waals surface area contributed by atoms with Crippen molar-refractivity contribution in [3.63, 3.8) is 0 Å². The van der Waals surface area contributed by atoms with Gasteiger partial charge in [-0.3, -0.25) is 0 Å². The maximum atomic E-state index is 13.8. The normalized spacial score (nSPS) is 12.4. The van der Waals surface area contributed by atoms with Crippen LogP contribution >= 0.6 is 0 Å². The van der Waals surface area contributed by atoms with E-state index in [2.05, 4.69) is 0 Å². The van der Waals surface area contributed by atoms with Gasteiger partial charge in [-0.05, 0) is 25.1 Å². The van der Waals surface area contributed by atoms with Crippen LogP contribution in [-0.4, -0.2) is 16.8 Å². The second-order valence-electron chi connectivity index (χ2n) is 4.19. The minimum atomic E-state index is -0.568. The molecule has 0 spiro atoms. The lowest BCUT2D eigenvalue weighted by atomic mass is 10.2. The lowest BCUT2D eigenvalue weighted by Gasteiger charge is -2.12. The molecule has 4 heteroatoms. The number of ether oxygens (including phenoxy) is 1. The molecule has 3 nitrogen and oxygen atoms in total. The first-order valence-electron chi connectivity index (χ1n) is 5.77. The number of benzene rings is 1. The molecule has 1 atom stereocenters. The molecule has 0 fully saturated rings. The highest BCUT2D eigenvalue weighted by molar-refractivity contribution is 5.29. The van der Waals surface area contributed by atoms with Crippen LogP contribution < -0.4 is 4.74 Å². The Balaban J connectivity index is 2.26. The van der Waals surface area contributed by atoms with Gasteiger partial charge in [0.1, 0.15) is 11.6 Å². The summed E-state index contributed by atoms with van der Waals surface area (Å²) in [5.74, 6) is 0.194. The standard InChI is InChI=1S/C14H16FNO2/c1-10(17)14-4-3-7-16(14)9-11-5-6-12(18-2)8-13(11)15/h3-8,10,17H,9H2,1-2H3. The molecule has 1 aromatic carbocycles. The van der Waals surface area contributed by atoms with Crippen molar-refractivity contribution in [3.05, 3.63) is 53.6 Å². The molecule has 0 saturated heterocycles. The number of rotatable bonds is 4. The smallest absolute Gasteiger partial charge is 0.131 e. The number of hydrogen-bond acceptors (Lipinski definition) is 2. The zero-order chi connectivity index (χ0) is 13.1. The van der Waals surface area contributed by atoms with Gasteiger partial charge in [-0.15, -0.1) is 0 Å². The Morgan fingerprint density at radius 3 is 2.78 bits per heavy atom. The Labute approximate surface area is 105 Å². The Morgan fingerprint density at radius 2 is 2.17 bits per heavy atom. The van der Waals surface area contributed by atoms with Gasteiger partial charge in [0.25, 0.3) is 0 Å². The van der Waals surface area contributed by atoms with Crippen molar-refractivity contribution in [2.45, 2.75) is 19.6 Å². The number of methoxy groups -OCH3 is 1. The molecule has 0 saturated carbocycles. The van der Waals surface area contributed by atoms with Crippen molar-refractivity contribution >= 4 is 0 Å². The molecule has 0 radical (unpaired) electrons. The third-order valence-electron chi connectivity index (χ3n) is 2.89. The van der Waals surface area contributed by atoms with Crippen LogP contribution in [0, 0.1) is 5.82 Å². The monoisotopic (exact) mass is 249 g/mol. The third-order valence-corrected chi connectivity index (χ3v) is 2.89. The van der Waals surface area contributed by atoms with Gasteiger partial charge >= 0.3 is 0 Å². The van der Waals surface area contributed by atoms with Crippen molar-refractivity contribution in [3.8, 4) is 5.75 Å². The summed E-state index contributed by atoms with van der Waals surface area (Å²) in [7, 11) is 1.51. The lowest BCUT2D eigenvalue weighted by Crippen LogP contribution is -2.07. The van der Waals surface area contributed by atoms with E-state index in [-0.39, 0.29) is 5.82 Å². The van der Waals surface area contributed by atoms with Gasteiger partial charge in [-0.25, -0.2) is 4.39 Å². The van der Waals surface area contributed by atoms with Crippen LogP contribution in [0.3, 0.4) is 0 Å². The fraction of sp³-hybridized carbons (Fsp3) is 0.286. The first kappa shape index (κ1) is 12.6. The molecule has 1 aromatic heterocycles. The van der Waals surface area contributed by atoms with Crippen molar-refractivity contribution in [2.75, 3.05) is 7.11 Å². The minimum absolute atomic E-state index is 0.306. The number of halogens is 1. The van der Waals surface area contributed by atoms with E-state index in [0.29, 0.717) is 17.9 Å². The lowest BCUT2D eigenvalue weighted by molar-refractivity contribution is 0.189. The molecule has 0 aliphatic carbocycles. The van der Waals surface area contributed by atoms with Gasteiger partial charge in [0.2, 0.25) is 0 Å². The van der Waals surface area contributed by atoms with E-state index >= 15 is 0 Å². The van der Waals surface area contributed by atoms with E-state index in [4.69, 9.17) is 4.74 Å². The van der Waals surface area contributed by atoms with Gasteiger partial charge < -0.3 is 14.4 Å². The Kier molecular flexibility index (Phi) is 3.67. The summed E-state index contributed by atoms with van der Waals surface area (Å²) < 4.78 is 20.6. The quantitative estimate of drug-likeness (QED) is 0.904. The van der Waals surface area contributed by atoms with Crippen LogP contribution in [0.5, 0.6) is 5.75 Å². The van der Waals surface area contributed by atoms with E-state index in [9.17, 15) is 9.50 Å². The van der Waals surface area contributed by atoms with Crippen LogP contribution in [0.15, 0.2) is 36.5 Å². The molecule has 0 bridgehead atoms. The molecular weight excluding hydrogens is 233 g/mol. The van der Waals surface area contributed by atoms with E-state index < -0.39 is 6.10 Å². The van der Waals surface area contributed by atoms with Crippen molar-refractivity contribution in [1.29, 1.82) is 0 Å². The van der Waals surface area contributed by atoms with Crippen LogP contribution in [0.1, 0.15) is 24.3 Å².